The fraction of sp³-hybridized carbons (Fsp3) is 0.500. The molecule has 0 saturated heterocycles. The van der Waals surface area contributed by atoms with Gasteiger partial charge in [0.15, 0.2) is 0 Å². The van der Waals surface area contributed by atoms with Crippen molar-refractivity contribution in [3.63, 3.8) is 0 Å². The van der Waals surface area contributed by atoms with E-state index in [9.17, 15) is 5.11 Å². The normalized spacial score (nSPS) is 14.2. The number of benzene rings is 1. The fourth-order valence-corrected chi connectivity index (χ4v) is 2.97. The van der Waals surface area contributed by atoms with E-state index in [0.717, 1.165) is 29.8 Å². The van der Waals surface area contributed by atoms with Crippen LogP contribution >= 0.6 is 0 Å². The molecule has 1 heterocycles. The maximum Gasteiger partial charge on any atom is 0.101 e. The minimum absolute atomic E-state index is 0.0727. The molecule has 2 unspecified atom stereocenters. The molecule has 1 aromatic carbocycles. The van der Waals surface area contributed by atoms with Crippen LogP contribution in [0, 0.1) is 13.8 Å². The lowest BCUT2D eigenvalue weighted by molar-refractivity contribution is 0.114. The first kappa shape index (κ1) is 15.8. The number of nitrogens with zero attached hydrogens (tertiary/aromatic N) is 2. The summed E-state index contributed by atoms with van der Waals surface area (Å²) in [7, 11) is 0. The molecule has 0 aliphatic rings. The zero-order valence-corrected chi connectivity index (χ0v) is 13.7. The largest absolute Gasteiger partial charge is 0.386 e. The maximum atomic E-state index is 10.6. The molecule has 0 saturated carbocycles. The highest BCUT2D eigenvalue weighted by atomic mass is 16.3. The van der Waals surface area contributed by atoms with Crippen molar-refractivity contribution in [3.8, 4) is 0 Å². The van der Waals surface area contributed by atoms with Gasteiger partial charge in [-0.05, 0) is 50.3 Å². The van der Waals surface area contributed by atoms with E-state index in [1.807, 2.05) is 30.7 Å². The van der Waals surface area contributed by atoms with E-state index in [4.69, 9.17) is 0 Å². The SMILES string of the molecule is CCc1ccc(C(O)C(C)n2nc(C)c(CC)c2C)cc1. The minimum atomic E-state index is -0.543. The first-order valence-corrected chi connectivity index (χ1v) is 7.81. The zero-order chi connectivity index (χ0) is 15.6. The first-order chi connectivity index (χ1) is 9.99. The standard InChI is InChI=1S/C18H26N2O/c1-6-15-8-10-16(11-9-15)18(21)14(5)20-13(4)17(7-2)12(3)19-20/h8-11,14,18,21H,6-7H2,1-5H3. The van der Waals surface area contributed by atoms with Crippen LogP contribution in [0.2, 0.25) is 0 Å². The average molecular weight is 286 g/mol. The van der Waals surface area contributed by atoms with E-state index in [1.165, 1.54) is 11.1 Å². The molecule has 2 atom stereocenters. The fourth-order valence-electron chi connectivity index (χ4n) is 2.97. The Morgan fingerprint density at radius 1 is 1.10 bits per heavy atom. The van der Waals surface area contributed by atoms with Gasteiger partial charge in [0.2, 0.25) is 0 Å². The van der Waals surface area contributed by atoms with Gasteiger partial charge in [0.05, 0.1) is 11.7 Å². The summed E-state index contributed by atoms with van der Waals surface area (Å²) in [5, 5.41) is 15.3. The molecule has 0 fully saturated rings. The van der Waals surface area contributed by atoms with Gasteiger partial charge < -0.3 is 5.11 Å². The van der Waals surface area contributed by atoms with Gasteiger partial charge in [-0.1, -0.05) is 38.1 Å². The van der Waals surface area contributed by atoms with Gasteiger partial charge in [0.25, 0.3) is 0 Å². The molecule has 0 aliphatic carbocycles. The number of hydrogen-bond donors (Lipinski definition) is 1. The topological polar surface area (TPSA) is 38.0 Å². The Morgan fingerprint density at radius 2 is 1.71 bits per heavy atom. The van der Waals surface area contributed by atoms with Crippen molar-refractivity contribution < 1.29 is 5.11 Å². The zero-order valence-electron chi connectivity index (χ0n) is 13.7. The van der Waals surface area contributed by atoms with Gasteiger partial charge in [0.1, 0.15) is 6.10 Å². The summed E-state index contributed by atoms with van der Waals surface area (Å²) in [5.41, 5.74) is 5.75. The molecule has 3 nitrogen and oxygen atoms in total. The summed E-state index contributed by atoms with van der Waals surface area (Å²) in [6.45, 7) is 10.4. The van der Waals surface area contributed by atoms with Crippen molar-refractivity contribution in [1.82, 2.24) is 9.78 Å². The van der Waals surface area contributed by atoms with Crippen LogP contribution in [-0.4, -0.2) is 14.9 Å². The molecule has 0 spiro atoms. The smallest absolute Gasteiger partial charge is 0.101 e. The minimum Gasteiger partial charge on any atom is -0.386 e. The van der Waals surface area contributed by atoms with Gasteiger partial charge in [-0.15, -0.1) is 0 Å². The summed E-state index contributed by atoms with van der Waals surface area (Å²) < 4.78 is 1.96. The Kier molecular flexibility index (Phi) is 4.84. The molecule has 114 valence electrons. The van der Waals surface area contributed by atoms with Crippen molar-refractivity contribution in [1.29, 1.82) is 0 Å². The molecule has 21 heavy (non-hydrogen) atoms. The average Bonchev–Trinajstić information content (AvgIpc) is 2.80. The lowest BCUT2D eigenvalue weighted by Crippen LogP contribution is -2.17. The van der Waals surface area contributed by atoms with Crippen molar-refractivity contribution in [2.75, 3.05) is 0 Å². The summed E-state index contributed by atoms with van der Waals surface area (Å²) in [4.78, 5) is 0. The lowest BCUT2D eigenvalue weighted by Gasteiger charge is -2.21. The van der Waals surface area contributed by atoms with Crippen LogP contribution < -0.4 is 0 Å². The molecular formula is C18H26N2O. The van der Waals surface area contributed by atoms with Crippen LogP contribution in [0.4, 0.5) is 0 Å². The molecule has 0 aliphatic heterocycles. The van der Waals surface area contributed by atoms with Crippen molar-refractivity contribution >= 4 is 0 Å². The number of aryl methyl sites for hydroxylation is 2. The lowest BCUT2D eigenvalue weighted by atomic mass is 10.0. The van der Waals surface area contributed by atoms with E-state index in [-0.39, 0.29) is 6.04 Å². The highest BCUT2D eigenvalue weighted by molar-refractivity contribution is 5.27. The molecule has 3 heteroatoms. The van der Waals surface area contributed by atoms with Crippen LogP contribution in [0.1, 0.15) is 61.0 Å². The predicted octanol–water partition coefficient (Wildman–Crippen LogP) is 3.92. The van der Waals surface area contributed by atoms with E-state index in [1.54, 1.807) is 0 Å². The molecule has 1 N–H and O–H groups in total. The Balaban J connectivity index is 2.27. The van der Waals surface area contributed by atoms with Crippen LogP contribution in [0.3, 0.4) is 0 Å². The highest BCUT2D eigenvalue weighted by Gasteiger charge is 2.22. The number of aliphatic hydroxyl groups excluding tert-OH is 1. The van der Waals surface area contributed by atoms with Crippen molar-refractivity contribution in [2.45, 2.75) is 59.6 Å². The summed E-state index contributed by atoms with van der Waals surface area (Å²) in [6.07, 6.45) is 1.45. The third-order valence-electron chi connectivity index (χ3n) is 4.40. The number of rotatable bonds is 5. The molecule has 0 amide bonds. The molecular weight excluding hydrogens is 260 g/mol. The second-order valence-electron chi connectivity index (χ2n) is 5.73. The van der Waals surface area contributed by atoms with E-state index >= 15 is 0 Å². The van der Waals surface area contributed by atoms with Crippen molar-refractivity contribution in [3.05, 3.63) is 52.3 Å². The molecule has 0 bridgehead atoms. The van der Waals surface area contributed by atoms with Gasteiger partial charge in [-0.25, -0.2) is 0 Å². The summed E-state index contributed by atoms with van der Waals surface area (Å²) in [6, 6.07) is 8.14. The predicted molar refractivity (Wildman–Crippen MR) is 86.6 cm³/mol. The van der Waals surface area contributed by atoms with Crippen molar-refractivity contribution in [2.24, 2.45) is 0 Å². The van der Waals surface area contributed by atoms with E-state index < -0.39 is 6.10 Å². The van der Waals surface area contributed by atoms with Crippen LogP contribution in [0.15, 0.2) is 24.3 Å². The van der Waals surface area contributed by atoms with Crippen LogP contribution in [0.25, 0.3) is 0 Å². The van der Waals surface area contributed by atoms with E-state index in [2.05, 4.69) is 38.0 Å². The molecule has 2 aromatic rings. The number of hydrogen-bond acceptors (Lipinski definition) is 2. The second-order valence-corrected chi connectivity index (χ2v) is 5.73. The number of aliphatic hydroxyl groups is 1. The summed E-state index contributed by atoms with van der Waals surface area (Å²) in [5.74, 6) is 0. The van der Waals surface area contributed by atoms with Gasteiger partial charge >= 0.3 is 0 Å². The Labute approximate surface area is 127 Å². The third kappa shape index (κ3) is 3.03. The van der Waals surface area contributed by atoms with Crippen LogP contribution in [0.5, 0.6) is 0 Å². The summed E-state index contributed by atoms with van der Waals surface area (Å²) >= 11 is 0. The maximum absolute atomic E-state index is 10.6. The highest BCUT2D eigenvalue weighted by Crippen LogP contribution is 2.28. The van der Waals surface area contributed by atoms with Gasteiger partial charge in [0, 0.05) is 5.69 Å². The first-order valence-electron chi connectivity index (χ1n) is 7.81. The Bertz CT molecular complexity index is 598. The quantitative estimate of drug-likeness (QED) is 0.904. The third-order valence-corrected chi connectivity index (χ3v) is 4.40. The molecule has 0 radical (unpaired) electrons. The molecule has 1 aromatic heterocycles. The Morgan fingerprint density at radius 3 is 2.19 bits per heavy atom. The monoisotopic (exact) mass is 286 g/mol. The second kappa shape index (κ2) is 6.44. The Hall–Kier alpha value is -1.61. The molecule has 2 rings (SSSR count). The number of aromatic nitrogens is 2. The van der Waals surface area contributed by atoms with E-state index in [0.29, 0.717) is 0 Å². The van der Waals surface area contributed by atoms with Gasteiger partial charge in [-0.2, -0.15) is 5.10 Å². The van der Waals surface area contributed by atoms with Gasteiger partial charge in [-0.3, -0.25) is 4.68 Å². The van der Waals surface area contributed by atoms with Crippen LogP contribution in [-0.2, 0) is 12.8 Å².